The fourth-order valence-electron chi connectivity index (χ4n) is 2.44. The monoisotopic (exact) mass is 396 g/mol. The molecule has 0 radical (unpaired) electrons. The van der Waals surface area contributed by atoms with Crippen molar-refractivity contribution in [1.29, 1.82) is 0 Å². The standard InChI is InChI=1S/C21H21ClN4O2/c1-13(2)28-19-7-5-4-6-17(19)26-21(27)18-11-24-20(12-23-18)25-15-9-8-14(3)16(22)10-15/h4-13H,1-3H3,(H,24,25)(H,26,27). The van der Waals surface area contributed by atoms with Crippen LogP contribution in [-0.2, 0) is 0 Å². The molecule has 28 heavy (non-hydrogen) atoms. The van der Waals surface area contributed by atoms with Crippen LogP contribution in [0.5, 0.6) is 5.75 Å². The van der Waals surface area contributed by atoms with Crippen molar-refractivity contribution in [1.82, 2.24) is 9.97 Å². The fourth-order valence-corrected chi connectivity index (χ4v) is 2.62. The molecule has 0 unspecified atom stereocenters. The molecule has 1 aromatic heterocycles. The molecule has 3 rings (SSSR count). The first kappa shape index (κ1) is 19.6. The molecule has 2 aromatic carbocycles. The number of aryl methyl sites for hydroxylation is 1. The van der Waals surface area contributed by atoms with Gasteiger partial charge in [0.1, 0.15) is 17.3 Å². The molecule has 2 N–H and O–H groups in total. The number of ether oxygens (including phenoxy) is 1. The molecule has 0 fully saturated rings. The molecule has 7 heteroatoms. The molecule has 0 aliphatic carbocycles. The zero-order chi connectivity index (χ0) is 20.1. The number of amides is 1. The minimum absolute atomic E-state index is 0.00141. The van der Waals surface area contributed by atoms with Gasteiger partial charge in [0.05, 0.1) is 24.2 Å². The van der Waals surface area contributed by atoms with Gasteiger partial charge >= 0.3 is 0 Å². The summed E-state index contributed by atoms with van der Waals surface area (Å²) in [7, 11) is 0. The maximum Gasteiger partial charge on any atom is 0.275 e. The number of para-hydroxylation sites is 2. The lowest BCUT2D eigenvalue weighted by molar-refractivity contribution is 0.102. The number of hydrogen-bond acceptors (Lipinski definition) is 5. The number of carbonyl (C=O) groups is 1. The molecule has 3 aromatic rings. The summed E-state index contributed by atoms with van der Waals surface area (Å²) < 4.78 is 5.71. The highest BCUT2D eigenvalue weighted by Crippen LogP contribution is 2.25. The molecule has 0 aliphatic heterocycles. The van der Waals surface area contributed by atoms with Crippen LogP contribution >= 0.6 is 11.6 Å². The van der Waals surface area contributed by atoms with E-state index in [1.165, 1.54) is 12.4 Å². The number of nitrogens with one attached hydrogen (secondary N) is 2. The number of halogens is 1. The Morgan fingerprint density at radius 3 is 2.57 bits per heavy atom. The molecule has 0 aliphatic rings. The average molecular weight is 397 g/mol. The summed E-state index contributed by atoms with van der Waals surface area (Å²) in [4.78, 5) is 20.9. The minimum Gasteiger partial charge on any atom is -0.489 e. The van der Waals surface area contributed by atoms with Crippen LogP contribution in [0.1, 0.15) is 29.9 Å². The van der Waals surface area contributed by atoms with Gasteiger partial charge in [-0.25, -0.2) is 9.97 Å². The van der Waals surface area contributed by atoms with Gasteiger partial charge in [0, 0.05) is 10.7 Å². The molecule has 6 nitrogen and oxygen atoms in total. The second kappa shape index (κ2) is 8.71. The summed E-state index contributed by atoms with van der Waals surface area (Å²) in [5.41, 5.74) is 2.57. The Balaban J connectivity index is 1.69. The Bertz CT molecular complexity index is 974. The van der Waals surface area contributed by atoms with Crippen molar-refractivity contribution in [3.63, 3.8) is 0 Å². The van der Waals surface area contributed by atoms with Gasteiger partial charge in [0.15, 0.2) is 0 Å². The van der Waals surface area contributed by atoms with Gasteiger partial charge in [-0.05, 0) is 50.6 Å². The largest absolute Gasteiger partial charge is 0.489 e. The molecule has 0 saturated carbocycles. The van der Waals surface area contributed by atoms with Crippen LogP contribution in [0.2, 0.25) is 5.02 Å². The number of nitrogens with zero attached hydrogens (tertiary/aromatic N) is 2. The number of carbonyl (C=O) groups excluding carboxylic acids is 1. The quantitative estimate of drug-likeness (QED) is 0.597. The normalized spacial score (nSPS) is 10.6. The third kappa shape index (κ3) is 4.98. The van der Waals surface area contributed by atoms with Gasteiger partial charge in [0.25, 0.3) is 5.91 Å². The Morgan fingerprint density at radius 1 is 1.11 bits per heavy atom. The Morgan fingerprint density at radius 2 is 1.89 bits per heavy atom. The van der Waals surface area contributed by atoms with E-state index >= 15 is 0 Å². The van der Waals surface area contributed by atoms with E-state index in [9.17, 15) is 4.79 Å². The van der Waals surface area contributed by atoms with Crippen LogP contribution < -0.4 is 15.4 Å². The van der Waals surface area contributed by atoms with E-state index in [4.69, 9.17) is 16.3 Å². The lowest BCUT2D eigenvalue weighted by Gasteiger charge is -2.14. The molecular formula is C21H21ClN4O2. The van der Waals surface area contributed by atoms with Gasteiger partial charge < -0.3 is 15.4 Å². The second-order valence-electron chi connectivity index (χ2n) is 6.49. The van der Waals surface area contributed by atoms with Crippen molar-refractivity contribution in [3.8, 4) is 5.75 Å². The summed E-state index contributed by atoms with van der Waals surface area (Å²) in [5.74, 6) is 0.755. The van der Waals surface area contributed by atoms with Crippen molar-refractivity contribution >= 4 is 34.7 Å². The van der Waals surface area contributed by atoms with E-state index in [1.54, 1.807) is 12.1 Å². The number of rotatable bonds is 6. The van der Waals surface area contributed by atoms with E-state index < -0.39 is 0 Å². The number of benzene rings is 2. The van der Waals surface area contributed by atoms with Crippen LogP contribution in [-0.4, -0.2) is 22.0 Å². The summed E-state index contributed by atoms with van der Waals surface area (Å²) >= 11 is 6.13. The molecule has 0 saturated heterocycles. The summed E-state index contributed by atoms with van der Waals surface area (Å²) in [6.45, 7) is 5.79. The lowest BCUT2D eigenvalue weighted by Crippen LogP contribution is -2.16. The zero-order valence-electron chi connectivity index (χ0n) is 15.9. The van der Waals surface area contributed by atoms with Crippen molar-refractivity contribution in [2.45, 2.75) is 26.9 Å². The lowest BCUT2D eigenvalue weighted by atomic mass is 10.2. The van der Waals surface area contributed by atoms with Gasteiger partial charge in [0.2, 0.25) is 0 Å². The first-order chi connectivity index (χ1) is 13.4. The molecular weight excluding hydrogens is 376 g/mol. The van der Waals surface area contributed by atoms with Crippen LogP contribution in [0.25, 0.3) is 0 Å². The van der Waals surface area contributed by atoms with E-state index in [0.29, 0.717) is 22.3 Å². The first-order valence-electron chi connectivity index (χ1n) is 8.84. The highest BCUT2D eigenvalue weighted by atomic mass is 35.5. The van der Waals surface area contributed by atoms with Crippen LogP contribution in [0, 0.1) is 6.92 Å². The van der Waals surface area contributed by atoms with E-state index in [-0.39, 0.29) is 17.7 Å². The third-order valence-corrected chi connectivity index (χ3v) is 4.23. The summed E-state index contributed by atoms with van der Waals surface area (Å²) in [6, 6.07) is 12.9. The Hall–Kier alpha value is -3.12. The molecule has 144 valence electrons. The van der Waals surface area contributed by atoms with Crippen LogP contribution in [0.4, 0.5) is 17.2 Å². The van der Waals surface area contributed by atoms with Crippen molar-refractivity contribution in [3.05, 3.63) is 71.1 Å². The zero-order valence-corrected chi connectivity index (χ0v) is 16.6. The van der Waals surface area contributed by atoms with Crippen molar-refractivity contribution in [2.24, 2.45) is 0 Å². The Labute approximate surface area is 168 Å². The highest BCUT2D eigenvalue weighted by molar-refractivity contribution is 6.31. The van der Waals surface area contributed by atoms with Gasteiger partial charge in [-0.2, -0.15) is 0 Å². The number of aromatic nitrogens is 2. The highest BCUT2D eigenvalue weighted by Gasteiger charge is 2.12. The average Bonchev–Trinajstić information content (AvgIpc) is 2.66. The maximum atomic E-state index is 12.5. The smallest absolute Gasteiger partial charge is 0.275 e. The maximum absolute atomic E-state index is 12.5. The molecule has 1 heterocycles. The number of hydrogen-bond donors (Lipinski definition) is 2. The van der Waals surface area contributed by atoms with E-state index in [2.05, 4.69) is 20.6 Å². The minimum atomic E-state index is -0.364. The van der Waals surface area contributed by atoms with Gasteiger partial charge in [-0.1, -0.05) is 29.8 Å². The van der Waals surface area contributed by atoms with Gasteiger partial charge in [-0.3, -0.25) is 4.79 Å². The van der Waals surface area contributed by atoms with Crippen LogP contribution in [0.15, 0.2) is 54.9 Å². The van der Waals surface area contributed by atoms with Crippen LogP contribution in [0.3, 0.4) is 0 Å². The van der Waals surface area contributed by atoms with Gasteiger partial charge in [-0.15, -0.1) is 0 Å². The first-order valence-corrected chi connectivity index (χ1v) is 9.22. The summed E-state index contributed by atoms with van der Waals surface area (Å²) in [5, 5.41) is 6.58. The number of anilines is 3. The summed E-state index contributed by atoms with van der Waals surface area (Å²) in [6.07, 6.45) is 2.91. The predicted octanol–water partition coefficient (Wildman–Crippen LogP) is 5.22. The fraction of sp³-hybridized carbons (Fsp3) is 0.190. The second-order valence-corrected chi connectivity index (χ2v) is 6.90. The molecule has 0 atom stereocenters. The van der Waals surface area contributed by atoms with E-state index in [0.717, 1.165) is 11.3 Å². The van der Waals surface area contributed by atoms with Crippen molar-refractivity contribution < 1.29 is 9.53 Å². The van der Waals surface area contributed by atoms with Crippen molar-refractivity contribution in [2.75, 3.05) is 10.6 Å². The topological polar surface area (TPSA) is 76.1 Å². The molecule has 0 bridgehead atoms. The SMILES string of the molecule is Cc1ccc(Nc2cnc(C(=O)Nc3ccccc3OC(C)C)cn2)cc1Cl. The predicted molar refractivity (Wildman–Crippen MR) is 112 cm³/mol. The molecule has 0 spiro atoms. The Kier molecular flexibility index (Phi) is 6.11. The third-order valence-electron chi connectivity index (χ3n) is 3.83. The van der Waals surface area contributed by atoms with E-state index in [1.807, 2.05) is 51.1 Å². The molecule has 1 amide bonds.